The van der Waals surface area contributed by atoms with Gasteiger partial charge in [0.15, 0.2) is 0 Å². The Morgan fingerprint density at radius 3 is 1.93 bits per heavy atom. The number of ether oxygens (including phenoxy) is 2. The van der Waals surface area contributed by atoms with E-state index in [4.69, 9.17) is 9.47 Å². The monoisotopic (exact) mass is 420 g/mol. The highest BCUT2D eigenvalue weighted by atomic mass is 32.2. The van der Waals surface area contributed by atoms with Gasteiger partial charge in [0.2, 0.25) is 0 Å². The highest BCUT2D eigenvalue weighted by molar-refractivity contribution is 7.99. The van der Waals surface area contributed by atoms with E-state index < -0.39 is 11.9 Å². The summed E-state index contributed by atoms with van der Waals surface area (Å²) < 4.78 is 11.6. The van der Waals surface area contributed by atoms with Crippen molar-refractivity contribution in [2.75, 3.05) is 5.75 Å². The van der Waals surface area contributed by atoms with Gasteiger partial charge in [0.1, 0.15) is 11.5 Å². The summed E-state index contributed by atoms with van der Waals surface area (Å²) in [5, 5.41) is 2.82. The average Bonchev–Trinajstić information content (AvgIpc) is 2.73. The van der Waals surface area contributed by atoms with Crippen molar-refractivity contribution in [2.24, 2.45) is 0 Å². The van der Waals surface area contributed by atoms with Gasteiger partial charge in [-0.2, -0.15) is 0 Å². The molecule has 0 saturated heterocycles. The molecule has 0 spiro atoms. The molecule has 0 unspecified atom stereocenters. The Hall–Kier alpha value is -3.05. The van der Waals surface area contributed by atoms with E-state index in [1.54, 1.807) is 25.6 Å². The molecule has 3 rings (SSSR count). The standard InChI is InChI=1S/C25H24O4S/c1-6-14-30-20-13-9-12-19-21(20)23(29-25(27)16(4)5)18-11-8-7-10-17(18)22(19)28-24(26)15(2)3/h7-13H,2,4,6,14H2,1,3,5H3. The smallest absolute Gasteiger partial charge is 0.338 e. The van der Waals surface area contributed by atoms with Crippen LogP contribution in [0.4, 0.5) is 0 Å². The molecule has 0 N–H and O–H groups in total. The van der Waals surface area contributed by atoms with Crippen LogP contribution >= 0.6 is 11.8 Å². The van der Waals surface area contributed by atoms with Gasteiger partial charge in [0.05, 0.1) is 0 Å². The number of rotatable bonds is 7. The first-order valence-corrected chi connectivity index (χ1v) is 10.7. The Labute approximate surface area is 180 Å². The summed E-state index contributed by atoms with van der Waals surface area (Å²) in [6.45, 7) is 12.7. The predicted octanol–water partition coefficient (Wildman–Crippen LogP) is 6.46. The molecule has 0 aliphatic carbocycles. The first-order chi connectivity index (χ1) is 14.3. The van der Waals surface area contributed by atoms with Crippen LogP contribution in [0, 0.1) is 0 Å². The molecule has 0 heterocycles. The minimum absolute atomic E-state index is 0.307. The van der Waals surface area contributed by atoms with Crippen LogP contribution in [0.25, 0.3) is 21.5 Å². The molecule has 0 aromatic heterocycles. The molecule has 0 bridgehead atoms. The van der Waals surface area contributed by atoms with Crippen molar-refractivity contribution in [1.82, 2.24) is 0 Å². The number of esters is 2. The molecule has 4 nitrogen and oxygen atoms in total. The van der Waals surface area contributed by atoms with E-state index in [9.17, 15) is 9.59 Å². The molecule has 154 valence electrons. The van der Waals surface area contributed by atoms with Crippen LogP contribution in [-0.4, -0.2) is 17.7 Å². The van der Waals surface area contributed by atoms with E-state index in [-0.39, 0.29) is 0 Å². The highest BCUT2D eigenvalue weighted by Crippen LogP contribution is 2.46. The minimum atomic E-state index is -0.500. The second-order valence-electron chi connectivity index (χ2n) is 7.07. The Balaban J connectivity index is 2.41. The van der Waals surface area contributed by atoms with Gasteiger partial charge < -0.3 is 9.47 Å². The number of benzene rings is 3. The summed E-state index contributed by atoms with van der Waals surface area (Å²) in [4.78, 5) is 25.8. The van der Waals surface area contributed by atoms with Gasteiger partial charge in [-0.1, -0.05) is 56.5 Å². The van der Waals surface area contributed by atoms with Gasteiger partial charge in [0.25, 0.3) is 0 Å². The van der Waals surface area contributed by atoms with Crippen molar-refractivity contribution < 1.29 is 19.1 Å². The second-order valence-corrected chi connectivity index (χ2v) is 8.21. The molecule has 0 fully saturated rings. The first-order valence-electron chi connectivity index (χ1n) is 9.70. The maximum absolute atomic E-state index is 12.5. The van der Waals surface area contributed by atoms with Gasteiger partial charge in [-0.25, -0.2) is 9.59 Å². The van der Waals surface area contributed by atoms with E-state index in [0.717, 1.165) is 22.5 Å². The molecule has 0 amide bonds. The fourth-order valence-electron chi connectivity index (χ4n) is 3.02. The van der Waals surface area contributed by atoms with E-state index in [2.05, 4.69) is 20.1 Å². The fourth-order valence-corrected chi connectivity index (χ4v) is 3.97. The second kappa shape index (κ2) is 9.18. The summed E-state index contributed by atoms with van der Waals surface area (Å²) in [6.07, 6.45) is 0.993. The Kier molecular flexibility index (Phi) is 6.63. The van der Waals surface area contributed by atoms with E-state index in [0.29, 0.717) is 38.8 Å². The minimum Gasteiger partial charge on any atom is -0.422 e. The molecule has 0 aliphatic heterocycles. The number of carbonyl (C=O) groups excluding carboxylic acids is 2. The van der Waals surface area contributed by atoms with Crippen molar-refractivity contribution in [3.05, 3.63) is 66.8 Å². The number of fused-ring (bicyclic) bond motifs is 2. The molecule has 0 aliphatic rings. The van der Waals surface area contributed by atoms with Gasteiger partial charge >= 0.3 is 11.9 Å². The highest BCUT2D eigenvalue weighted by Gasteiger charge is 2.22. The summed E-state index contributed by atoms with van der Waals surface area (Å²) in [5.41, 5.74) is 0.616. The van der Waals surface area contributed by atoms with Gasteiger partial charge in [-0.15, -0.1) is 11.8 Å². The van der Waals surface area contributed by atoms with Crippen molar-refractivity contribution in [3.8, 4) is 11.5 Å². The average molecular weight is 421 g/mol. The summed E-state index contributed by atoms with van der Waals surface area (Å²) >= 11 is 1.67. The molecule has 5 heteroatoms. The topological polar surface area (TPSA) is 52.6 Å². The van der Waals surface area contributed by atoms with Crippen molar-refractivity contribution in [2.45, 2.75) is 32.1 Å². The van der Waals surface area contributed by atoms with Crippen LogP contribution in [0.2, 0.25) is 0 Å². The molecule has 0 atom stereocenters. The van der Waals surface area contributed by atoms with Gasteiger partial charge in [0, 0.05) is 37.6 Å². The molecule has 30 heavy (non-hydrogen) atoms. The fraction of sp³-hybridized carbons (Fsp3) is 0.200. The van der Waals surface area contributed by atoms with Gasteiger partial charge in [-0.3, -0.25) is 0 Å². The zero-order chi connectivity index (χ0) is 21.8. The van der Waals surface area contributed by atoms with E-state index in [1.807, 2.05) is 42.5 Å². The van der Waals surface area contributed by atoms with Crippen LogP contribution in [0.5, 0.6) is 11.5 Å². The van der Waals surface area contributed by atoms with Gasteiger partial charge in [-0.05, 0) is 32.1 Å². The molecule has 0 saturated carbocycles. The molecular weight excluding hydrogens is 396 g/mol. The summed E-state index contributed by atoms with van der Waals surface area (Å²) in [5.74, 6) is 0.787. The van der Waals surface area contributed by atoms with Crippen LogP contribution < -0.4 is 9.47 Å². The lowest BCUT2D eigenvalue weighted by Crippen LogP contribution is -2.11. The maximum atomic E-state index is 12.5. The zero-order valence-electron chi connectivity index (χ0n) is 17.4. The van der Waals surface area contributed by atoms with E-state index in [1.165, 1.54) is 0 Å². The first kappa shape index (κ1) is 21.7. The molecule has 0 radical (unpaired) electrons. The SMILES string of the molecule is C=C(C)C(=O)Oc1c2ccccc2c(OC(=O)C(=C)C)c2c(SCCC)cccc12. The van der Waals surface area contributed by atoms with Crippen LogP contribution in [0.1, 0.15) is 27.2 Å². The number of hydrogen-bond donors (Lipinski definition) is 0. The molecular formula is C25H24O4S. The van der Waals surface area contributed by atoms with Crippen molar-refractivity contribution in [3.63, 3.8) is 0 Å². The number of hydrogen-bond acceptors (Lipinski definition) is 5. The van der Waals surface area contributed by atoms with Crippen molar-refractivity contribution >= 4 is 45.2 Å². The van der Waals surface area contributed by atoms with Crippen molar-refractivity contribution in [1.29, 1.82) is 0 Å². The van der Waals surface area contributed by atoms with E-state index >= 15 is 0 Å². The Morgan fingerprint density at radius 2 is 1.37 bits per heavy atom. The Bertz CT molecular complexity index is 1180. The third-order valence-corrected chi connectivity index (χ3v) is 5.73. The maximum Gasteiger partial charge on any atom is 0.338 e. The van der Waals surface area contributed by atoms with Crippen LogP contribution in [-0.2, 0) is 9.59 Å². The Morgan fingerprint density at radius 1 is 0.833 bits per heavy atom. The lowest BCUT2D eigenvalue weighted by molar-refractivity contribution is -0.130. The number of carbonyl (C=O) groups is 2. The predicted molar refractivity (Wildman–Crippen MR) is 123 cm³/mol. The quantitative estimate of drug-likeness (QED) is 0.144. The normalized spacial score (nSPS) is 10.8. The summed E-state index contributed by atoms with van der Waals surface area (Å²) in [6, 6.07) is 13.2. The number of thioether (sulfide) groups is 1. The van der Waals surface area contributed by atoms with Crippen LogP contribution in [0.15, 0.2) is 71.7 Å². The third-order valence-electron chi connectivity index (χ3n) is 4.46. The third kappa shape index (κ3) is 4.26. The summed E-state index contributed by atoms with van der Waals surface area (Å²) in [7, 11) is 0. The zero-order valence-corrected chi connectivity index (χ0v) is 18.2. The lowest BCUT2D eigenvalue weighted by atomic mass is 10.0. The lowest BCUT2D eigenvalue weighted by Gasteiger charge is -2.18. The molecule has 3 aromatic carbocycles. The van der Waals surface area contributed by atoms with Crippen LogP contribution in [0.3, 0.4) is 0 Å². The molecule has 3 aromatic rings. The largest absolute Gasteiger partial charge is 0.422 e.